The van der Waals surface area contributed by atoms with Crippen LogP contribution in [0.2, 0.25) is 0 Å². The van der Waals surface area contributed by atoms with Gasteiger partial charge in [-0.1, -0.05) is 30.3 Å². The van der Waals surface area contributed by atoms with Crippen LogP contribution in [0, 0.1) is 6.92 Å². The van der Waals surface area contributed by atoms with Crippen molar-refractivity contribution in [3.8, 4) is 0 Å². The van der Waals surface area contributed by atoms with Gasteiger partial charge < -0.3 is 11.1 Å². The van der Waals surface area contributed by atoms with Gasteiger partial charge in [-0.25, -0.2) is 0 Å². The third-order valence-electron chi connectivity index (χ3n) is 3.35. The molecule has 0 aliphatic carbocycles. The zero-order valence-corrected chi connectivity index (χ0v) is 11.9. The summed E-state index contributed by atoms with van der Waals surface area (Å²) in [6, 6.07) is 14.5. The number of carbonyl (C=O) groups is 2. The minimum absolute atomic E-state index is 0.202. The molecule has 0 aromatic heterocycles. The van der Waals surface area contributed by atoms with Crippen LogP contribution in [0.25, 0.3) is 0 Å². The zero-order chi connectivity index (χ0) is 15.2. The van der Waals surface area contributed by atoms with Gasteiger partial charge in [0.2, 0.25) is 5.91 Å². The minimum atomic E-state index is -0.537. The van der Waals surface area contributed by atoms with Gasteiger partial charge in [0, 0.05) is 17.7 Å². The van der Waals surface area contributed by atoms with Crippen molar-refractivity contribution in [2.75, 3.05) is 6.54 Å². The molecule has 0 saturated carbocycles. The monoisotopic (exact) mass is 282 g/mol. The molecule has 2 amide bonds. The lowest BCUT2D eigenvalue weighted by Gasteiger charge is -2.08. The number of hydrogen-bond acceptors (Lipinski definition) is 2. The van der Waals surface area contributed by atoms with Crippen LogP contribution in [-0.2, 0) is 6.42 Å². The molecule has 21 heavy (non-hydrogen) atoms. The molecule has 0 spiro atoms. The van der Waals surface area contributed by atoms with E-state index in [1.54, 1.807) is 18.2 Å². The molecular weight excluding hydrogens is 264 g/mol. The Balaban J connectivity index is 1.95. The summed E-state index contributed by atoms with van der Waals surface area (Å²) in [7, 11) is 0. The van der Waals surface area contributed by atoms with E-state index in [0.29, 0.717) is 17.7 Å². The van der Waals surface area contributed by atoms with E-state index in [1.807, 2.05) is 25.1 Å². The van der Waals surface area contributed by atoms with Crippen molar-refractivity contribution >= 4 is 11.8 Å². The van der Waals surface area contributed by atoms with E-state index in [1.165, 1.54) is 17.2 Å². The maximum Gasteiger partial charge on any atom is 0.251 e. The summed E-state index contributed by atoms with van der Waals surface area (Å²) in [6.07, 6.45) is 0.772. The molecule has 0 unspecified atom stereocenters. The van der Waals surface area contributed by atoms with Crippen LogP contribution in [0.3, 0.4) is 0 Å². The number of nitrogens with one attached hydrogen (secondary N) is 1. The third kappa shape index (κ3) is 3.92. The van der Waals surface area contributed by atoms with E-state index in [-0.39, 0.29) is 5.91 Å². The fraction of sp³-hybridized carbons (Fsp3) is 0.176. The van der Waals surface area contributed by atoms with Crippen molar-refractivity contribution in [2.45, 2.75) is 13.3 Å². The number of rotatable bonds is 5. The molecule has 3 N–H and O–H groups in total. The van der Waals surface area contributed by atoms with Crippen LogP contribution >= 0.6 is 0 Å². The summed E-state index contributed by atoms with van der Waals surface area (Å²) < 4.78 is 0. The predicted octanol–water partition coefficient (Wildman–Crippen LogP) is 2.07. The summed E-state index contributed by atoms with van der Waals surface area (Å²) in [4.78, 5) is 23.1. The fourth-order valence-corrected chi connectivity index (χ4v) is 2.12. The Morgan fingerprint density at radius 3 is 2.48 bits per heavy atom. The molecule has 0 atom stereocenters. The molecule has 0 aliphatic rings. The lowest BCUT2D eigenvalue weighted by atomic mass is 10.1. The molecule has 2 aromatic rings. The Kier molecular flexibility index (Phi) is 4.72. The number of aryl methyl sites for hydroxylation is 1. The second kappa shape index (κ2) is 6.70. The molecule has 2 aromatic carbocycles. The van der Waals surface area contributed by atoms with Crippen molar-refractivity contribution in [3.05, 3.63) is 70.8 Å². The maximum absolute atomic E-state index is 12.0. The molecular formula is C17H18N2O2. The first kappa shape index (κ1) is 14.8. The van der Waals surface area contributed by atoms with Crippen LogP contribution in [0.15, 0.2) is 48.5 Å². The minimum Gasteiger partial charge on any atom is -0.366 e. The highest BCUT2D eigenvalue weighted by molar-refractivity contribution is 5.99. The van der Waals surface area contributed by atoms with E-state index < -0.39 is 5.91 Å². The Morgan fingerprint density at radius 2 is 1.76 bits per heavy atom. The SMILES string of the molecule is Cc1ccccc1CCNC(=O)c1cccc(C(N)=O)c1. The van der Waals surface area contributed by atoms with Crippen molar-refractivity contribution < 1.29 is 9.59 Å². The normalized spacial score (nSPS) is 10.1. The van der Waals surface area contributed by atoms with Gasteiger partial charge in [0.15, 0.2) is 0 Å². The first-order chi connectivity index (χ1) is 10.1. The fourth-order valence-electron chi connectivity index (χ4n) is 2.12. The summed E-state index contributed by atoms with van der Waals surface area (Å²) in [5.74, 6) is -0.740. The highest BCUT2D eigenvalue weighted by Crippen LogP contribution is 2.08. The van der Waals surface area contributed by atoms with Crippen molar-refractivity contribution in [1.82, 2.24) is 5.32 Å². The summed E-state index contributed by atoms with van der Waals surface area (Å²) in [6.45, 7) is 2.60. The Labute approximate surface area is 124 Å². The quantitative estimate of drug-likeness (QED) is 0.881. The van der Waals surface area contributed by atoms with Crippen LogP contribution in [0.4, 0.5) is 0 Å². The smallest absolute Gasteiger partial charge is 0.251 e. The Morgan fingerprint density at radius 1 is 1.05 bits per heavy atom. The summed E-state index contributed by atoms with van der Waals surface area (Å²) in [5.41, 5.74) is 8.40. The van der Waals surface area contributed by atoms with Crippen LogP contribution in [0.5, 0.6) is 0 Å². The van der Waals surface area contributed by atoms with E-state index >= 15 is 0 Å². The zero-order valence-electron chi connectivity index (χ0n) is 11.9. The second-order valence-electron chi connectivity index (χ2n) is 4.88. The van der Waals surface area contributed by atoms with Gasteiger partial charge in [0.1, 0.15) is 0 Å². The molecule has 0 bridgehead atoms. The Hall–Kier alpha value is -2.62. The highest BCUT2D eigenvalue weighted by Gasteiger charge is 2.08. The standard InChI is InChI=1S/C17H18N2O2/c1-12-5-2-3-6-13(12)9-10-19-17(21)15-8-4-7-14(11-15)16(18)20/h2-8,11H,9-10H2,1H3,(H2,18,20)(H,19,21). The number of primary amides is 1. The van der Waals surface area contributed by atoms with Crippen LogP contribution in [-0.4, -0.2) is 18.4 Å². The number of nitrogens with two attached hydrogens (primary N) is 1. The lowest BCUT2D eigenvalue weighted by Crippen LogP contribution is -2.26. The average Bonchev–Trinajstić information content (AvgIpc) is 2.49. The Bertz CT molecular complexity index is 665. The van der Waals surface area contributed by atoms with Crippen molar-refractivity contribution in [1.29, 1.82) is 0 Å². The van der Waals surface area contributed by atoms with Crippen molar-refractivity contribution in [2.24, 2.45) is 5.73 Å². The van der Waals surface area contributed by atoms with Gasteiger partial charge in [-0.15, -0.1) is 0 Å². The number of benzene rings is 2. The maximum atomic E-state index is 12.0. The summed E-state index contributed by atoms with van der Waals surface area (Å²) in [5, 5.41) is 2.85. The molecule has 4 nitrogen and oxygen atoms in total. The molecule has 0 heterocycles. The first-order valence-corrected chi connectivity index (χ1v) is 6.80. The molecule has 0 saturated heterocycles. The molecule has 4 heteroatoms. The van der Waals surface area contributed by atoms with E-state index in [4.69, 9.17) is 5.73 Å². The summed E-state index contributed by atoms with van der Waals surface area (Å²) >= 11 is 0. The van der Waals surface area contributed by atoms with Gasteiger partial charge >= 0.3 is 0 Å². The third-order valence-corrected chi connectivity index (χ3v) is 3.35. The van der Waals surface area contributed by atoms with Crippen LogP contribution < -0.4 is 11.1 Å². The van der Waals surface area contributed by atoms with E-state index in [9.17, 15) is 9.59 Å². The lowest BCUT2D eigenvalue weighted by molar-refractivity contribution is 0.0954. The van der Waals surface area contributed by atoms with Gasteiger partial charge in [0.05, 0.1) is 0 Å². The van der Waals surface area contributed by atoms with Gasteiger partial charge in [-0.05, 0) is 42.7 Å². The number of amides is 2. The highest BCUT2D eigenvalue weighted by atomic mass is 16.2. The average molecular weight is 282 g/mol. The molecule has 108 valence electrons. The van der Waals surface area contributed by atoms with Crippen LogP contribution in [0.1, 0.15) is 31.8 Å². The topological polar surface area (TPSA) is 72.2 Å². The molecule has 0 aliphatic heterocycles. The largest absolute Gasteiger partial charge is 0.366 e. The molecule has 0 radical (unpaired) electrons. The van der Waals surface area contributed by atoms with E-state index in [2.05, 4.69) is 11.4 Å². The number of carbonyl (C=O) groups excluding carboxylic acids is 2. The van der Waals surface area contributed by atoms with Gasteiger partial charge in [0.25, 0.3) is 5.91 Å². The number of hydrogen-bond donors (Lipinski definition) is 2. The second-order valence-corrected chi connectivity index (χ2v) is 4.88. The van der Waals surface area contributed by atoms with Gasteiger partial charge in [-0.2, -0.15) is 0 Å². The first-order valence-electron chi connectivity index (χ1n) is 6.80. The predicted molar refractivity (Wildman–Crippen MR) is 82.2 cm³/mol. The molecule has 0 fully saturated rings. The van der Waals surface area contributed by atoms with Crippen molar-refractivity contribution in [3.63, 3.8) is 0 Å². The van der Waals surface area contributed by atoms with Gasteiger partial charge in [-0.3, -0.25) is 9.59 Å². The molecule has 2 rings (SSSR count). The van der Waals surface area contributed by atoms with E-state index in [0.717, 1.165) is 6.42 Å².